The van der Waals surface area contributed by atoms with Crippen molar-refractivity contribution in [3.05, 3.63) is 15.5 Å². The SMILES string of the molecule is NCC(Cc1nsc(=O)[nH]1)C1CCCC1. The molecule has 1 fully saturated rings. The molecule has 3 N–H and O–H groups in total. The van der Waals surface area contributed by atoms with Crippen LogP contribution in [0.15, 0.2) is 4.79 Å². The van der Waals surface area contributed by atoms with Gasteiger partial charge in [-0.25, -0.2) is 0 Å². The molecule has 0 amide bonds. The van der Waals surface area contributed by atoms with Crippen LogP contribution in [0.2, 0.25) is 0 Å². The topological polar surface area (TPSA) is 71.8 Å². The third-order valence-corrected chi connectivity index (χ3v) is 3.89. The fourth-order valence-electron chi connectivity index (χ4n) is 2.47. The number of aromatic nitrogens is 2. The summed E-state index contributed by atoms with van der Waals surface area (Å²) < 4.78 is 4.09. The Balaban J connectivity index is 1.98. The van der Waals surface area contributed by atoms with Gasteiger partial charge in [-0.2, -0.15) is 4.37 Å². The monoisotopic (exact) mass is 227 g/mol. The second kappa shape index (κ2) is 4.90. The maximum absolute atomic E-state index is 11.0. The number of nitrogens with zero attached hydrogens (tertiary/aromatic N) is 1. The maximum Gasteiger partial charge on any atom is 0.323 e. The van der Waals surface area contributed by atoms with Gasteiger partial charge in [0.05, 0.1) is 0 Å². The minimum Gasteiger partial charge on any atom is -0.330 e. The summed E-state index contributed by atoms with van der Waals surface area (Å²) in [7, 11) is 0. The van der Waals surface area contributed by atoms with E-state index in [9.17, 15) is 4.79 Å². The zero-order valence-corrected chi connectivity index (χ0v) is 9.55. The van der Waals surface area contributed by atoms with Gasteiger partial charge in [0.1, 0.15) is 5.82 Å². The largest absolute Gasteiger partial charge is 0.330 e. The molecule has 4 nitrogen and oxygen atoms in total. The van der Waals surface area contributed by atoms with Crippen LogP contribution in [0.3, 0.4) is 0 Å². The molecule has 5 heteroatoms. The van der Waals surface area contributed by atoms with Crippen LogP contribution < -0.4 is 10.6 Å². The van der Waals surface area contributed by atoms with E-state index in [0.717, 1.165) is 29.7 Å². The third kappa shape index (κ3) is 2.66. The molecule has 15 heavy (non-hydrogen) atoms. The summed E-state index contributed by atoms with van der Waals surface area (Å²) in [5.41, 5.74) is 5.79. The standard InChI is InChI=1S/C10H17N3OS/c11-6-8(7-3-1-2-4-7)5-9-12-10(14)15-13-9/h7-8H,1-6,11H2,(H,12,13,14). The summed E-state index contributed by atoms with van der Waals surface area (Å²) in [5, 5.41) is 0. The van der Waals surface area contributed by atoms with E-state index in [1.807, 2.05) is 0 Å². The number of rotatable bonds is 4. The van der Waals surface area contributed by atoms with Crippen molar-refractivity contribution in [1.29, 1.82) is 0 Å². The Morgan fingerprint density at radius 1 is 1.53 bits per heavy atom. The Kier molecular flexibility index (Phi) is 3.53. The first-order chi connectivity index (χ1) is 7.29. The lowest BCUT2D eigenvalue weighted by Gasteiger charge is -2.20. The molecule has 1 aromatic heterocycles. The highest BCUT2D eigenvalue weighted by Gasteiger charge is 2.24. The Bertz CT molecular complexity index is 354. The molecule has 1 aromatic rings. The summed E-state index contributed by atoms with van der Waals surface area (Å²) in [6, 6.07) is 0. The van der Waals surface area contributed by atoms with Crippen LogP contribution in [0.4, 0.5) is 0 Å². The van der Waals surface area contributed by atoms with Gasteiger partial charge in [0.15, 0.2) is 0 Å². The molecule has 1 heterocycles. The molecule has 0 aliphatic heterocycles. The smallest absolute Gasteiger partial charge is 0.323 e. The van der Waals surface area contributed by atoms with Crippen LogP contribution in [0.5, 0.6) is 0 Å². The van der Waals surface area contributed by atoms with E-state index in [2.05, 4.69) is 9.36 Å². The molecule has 1 aliphatic carbocycles. The highest BCUT2D eigenvalue weighted by atomic mass is 32.1. The summed E-state index contributed by atoms with van der Waals surface area (Å²) in [5.74, 6) is 2.04. The first-order valence-electron chi connectivity index (χ1n) is 5.54. The van der Waals surface area contributed by atoms with E-state index in [4.69, 9.17) is 5.73 Å². The first-order valence-corrected chi connectivity index (χ1v) is 6.32. The highest BCUT2D eigenvalue weighted by Crippen LogP contribution is 2.32. The third-order valence-electron chi connectivity index (χ3n) is 3.31. The van der Waals surface area contributed by atoms with E-state index in [-0.39, 0.29) is 4.87 Å². The number of hydrogen-bond acceptors (Lipinski definition) is 4. The Hall–Kier alpha value is -0.680. The van der Waals surface area contributed by atoms with Crippen molar-refractivity contribution in [2.24, 2.45) is 17.6 Å². The van der Waals surface area contributed by atoms with Crippen LogP contribution in [0.1, 0.15) is 31.5 Å². The zero-order valence-electron chi connectivity index (χ0n) is 8.74. The van der Waals surface area contributed by atoms with Crippen LogP contribution in [-0.2, 0) is 6.42 Å². The first kappa shape index (κ1) is 10.8. The summed E-state index contributed by atoms with van der Waals surface area (Å²) in [4.78, 5) is 13.6. The van der Waals surface area contributed by atoms with E-state index < -0.39 is 0 Å². The van der Waals surface area contributed by atoms with Crippen molar-refractivity contribution >= 4 is 11.5 Å². The van der Waals surface area contributed by atoms with Gasteiger partial charge in [-0.15, -0.1) is 0 Å². The maximum atomic E-state index is 11.0. The van der Waals surface area contributed by atoms with Crippen molar-refractivity contribution in [2.45, 2.75) is 32.1 Å². The molecular weight excluding hydrogens is 210 g/mol. The molecule has 0 radical (unpaired) electrons. The average Bonchev–Trinajstić information content (AvgIpc) is 2.85. The van der Waals surface area contributed by atoms with E-state index >= 15 is 0 Å². The molecule has 0 spiro atoms. The van der Waals surface area contributed by atoms with Gasteiger partial charge in [0.2, 0.25) is 0 Å². The minimum atomic E-state index is -0.0628. The molecule has 1 aliphatic rings. The Morgan fingerprint density at radius 3 is 2.80 bits per heavy atom. The van der Waals surface area contributed by atoms with E-state index in [1.54, 1.807) is 0 Å². The quantitative estimate of drug-likeness (QED) is 0.810. The molecule has 84 valence electrons. The van der Waals surface area contributed by atoms with Gasteiger partial charge < -0.3 is 5.73 Å². The summed E-state index contributed by atoms with van der Waals surface area (Å²) in [6.07, 6.45) is 6.07. The molecule has 0 aromatic carbocycles. The number of H-pyrrole nitrogens is 1. The van der Waals surface area contributed by atoms with Gasteiger partial charge in [-0.3, -0.25) is 9.78 Å². The van der Waals surface area contributed by atoms with Gasteiger partial charge in [-0.05, 0) is 18.4 Å². The van der Waals surface area contributed by atoms with Crippen LogP contribution in [0.25, 0.3) is 0 Å². The zero-order chi connectivity index (χ0) is 10.7. The fraction of sp³-hybridized carbons (Fsp3) is 0.800. The normalized spacial score (nSPS) is 19.5. The number of hydrogen-bond donors (Lipinski definition) is 2. The van der Waals surface area contributed by atoms with Crippen LogP contribution in [0, 0.1) is 11.8 Å². The molecular formula is C10H17N3OS. The lowest BCUT2D eigenvalue weighted by atomic mass is 9.88. The van der Waals surface area contributed by atoms with Crippen molar-refractivity contribution in [2.75, 3.05) is 6.54 Å². The van der Waals surface area contributed by atoms with Gasteiger partial charge in [0.25, 0.3) is 0 Å². The van der Waals surface area contributed by atoms with Crippen molar-refractivity contribution in [1.82, 2.24) is 9.36 Å². The van der Waals surface area contributed by atoms with Crippen LogP contribution >= 0.6 is 11.5 Å². The molecule has 1 saturated carbocycles. The summed E-state index contributed by atoms with van der Waals surface area (Å²) in [6.45, 7) is 0.699. The number of nitrogens with one attached hydrogen (secondary N) is 1. The molecule has 1 atom stereocenters. The van der Waals surface area contributed by atoms with Crippen LogP contribution in [-0.4, -0.2) is 15.9 Å². The van der Waals surface area contributed by atoms with E-state index in [0.29, 0.717) is 12.5 Å². The van der Waals surface area contributed by atoms with Gasteiger partial charge in [-0.1, -0.05) is 25.7 Å². The molecule has 1 unspecified atom stereocenters. The van der Waals surface area contributed by atoms with Gasteiger partial charge >= 0.3 is 4.87 Å². The second-order valence-corrected chi connectivity index (χ2v) is 5.02. The average molecular weight is 227 g/mol. The van der Waals surface area contributed by atoms with Crippen molar-refractivity contribution in [3.63, 3.8) is 0 Å². The number of aromatic amines is 1. The predicted octanol–water partition coefficient (Wildman–Crippen LogP) is 1.14. The minimum absolute atomic E-state index is 0.0628. The van der Waals surface area contributed by atoms with E-state index in [1.165, 1.54) is 25.7 Å². The molecule has 0 saturated heterocycles. The molecule has 0 bridgehead atoms. The van der Waals surface area contributed by atoms with Crippen molar-refractivity contribution in [3.8, 4) is 0 Å². The lowest BCUT2D eigenvalue weighted by molar-refractivity contribution is 0.340. The van der Waals surface area contributed by atoms with Gasteiger partial charge in [0, 0.05) is 18.0 Å². The Labute approximate surface area is 93.1 Å². The molecule has 2 rings (SSSR count). The highest BCUT2D eigenvalue weighted by molar-refractivity contribution is 7.02. The second-order valence-electron chi connectivity index (χ2n) is 4.29. The van der Waals surface area contributed by atoms with Crippen molar-refractivity contribution < 1.29 is 0 Å². The fourth-order valence-corrected chi connectivity index (χ4v) is 2.94. The number of nitrogens with two attached hydrogens (primary N) is 1. The predicted molar refractivity (Wildman–Crippen MR) is 60.9 cm³/mol. The Morgan fingerprint density at radius 2 is 2.27 bits per heavy atom. The summed E-state index contributed by atoms with van der Waals surface area (Å²) >= 11 is 0.997. The lowest BCUT2D eigenvalue weighted by Crippen LogP contribution is -2.24.